The zero-order chi connectivity index (χ0) is 13.3. The highest BCUT2D eigenvalue weighted by Gasteiger charge is 2.43. The Morgan fingerprint density at radius 3 is 2.28 bits per heavy atom. The summed E-state index contributed by atoms with van der Waals surface area (Å²) in [5.41, 5.74) is -0.492. The highest BCUT2D eigenvalue weighted by atomic mass is 16.6. The maximum absolute atomic E-state index is 12.2. The van der Waals surface area contributed by atoms with Crippen molar-refractivity contribution in [3.63, 3.8) is 0 Å². The standard InChI is InChI=1S/C13H21NO4/c1-13(2,3)18-12(16)14-10-4-9(6-15)5-11(14)8-17-7-10/h6,9-11H,4-5,7-8H2,1-3H3/t9-,10+,11-. The molecule has 102 valence electrons. The maximum atomic E-state index is 12.2. The third kappa shape index (κ3) is 2.83. The monoisotopic (exact) mass is 255 g/mol. The Morgan fingerprint density at radius 2 is 1.83 bits per heavy atom. The summed E-state index contributed by atoms with van der Waals surface area (Å²) in [6.07, 6.45) is 2.07. The molecule has 0 aromatic heterocycles. The van der Waals surface area contributed by atoms with E-state index in [1.54, 1.807) is 4.90 Å². The fraction of sp³-hybridized carbons (Fsp3) is 0.846. The second-order valence-electron chi connectivity index (χ2n) is 6.10. The molecule has 2 heterocycles. The number of ether oxygens (including phenoxy) is 2. The smallest absolute Gasteiger partial charge is 0.410 e. The van der Waals surface area contributed by atoms with E-state index in [2.05, 4.69) is 0 Å². The second-order valence-corrected chi connectivity index (χ2v) is 6.10. The molecule has 5 heteroatoms. The van der Waals surface area contributed by atoms with Gasteiger partial charge in [0, 0.05) is 5.92 Å². The highest BCUT2D eigenvalue weighted by molar-refractivity contribution is 5.70. The van der Waals surface area contributed by atoms with E-state index in [0.717, 1.165) is 6.29 Å². The third-order valence-electron chi connectivity index (χ3n) is 3.35. The van der Waals surface area contributed by atoms with Gasteiger partial charge in [0.2, 0.25) is 0 Å². The lowest BCUT2D eigenvalue weighted by molar-refractivity contribution is -0.121. The molecule has 0 saturated carbocycles. The third-order valence-corrected chi connectivity index (χ3v) is 3.35. The summed E-state index contributed by atoms with van der Waals surface area (Å²) in [7, 11) is 0. The Hall–Kier alpha value is -1.10. The summed E-state index contributed by atoms with van der Waals surface area (Å²) in [4.78, 5) is 24.9. The lowest BCUT2D eigenvalue weighted by Crippen LogP contribution is -2.60. The molecule has 2 rings (SSSR count). The number of nitrogens with zero attached hydrogens (tertiary/aromatic N) is 1. The van der Waals surface area contributed by atoms with Gasteiger partial charge in [0.05, 0.1) is 25.3 Å². The van der Waals surface area contributed by atoms with Crippen LogP contribution < -0.4 is 0 Å². The van der Waals surface area contributed by atoms with Crippen molar-refractivity contribution in [2.24, 2.45) is 5.92 Å². The van der Waals surface area contributed by atoms with Crippen LogP contribution in [0.2, 0.25) is 0 Å². The average molecular weight is 255 g/mol. The summed E-state index contributed by atoms with van der Waals surface area (Å²) in [6, 6.07) is -0.0508. The lowest BCUT2D eigenvalue weighted by atomic mass is 9.86. The van der Waals surface area contributed by atoms with Crippen LogP contribution in [0, 0.1) is 5.92 Å². The Morgan fingerprint density at radius 1 is 1.28 bits per heavy atom. The molecule has 0 aromatic carbocycles. The van der Waals surface area contributed by atoms with E-state index in [1.165, 1.54) is 0 Å². The zero-order valence-corrected chi connectivity index (χ0v) is 11.2. The number of hydrogen-bond acceptors (Lipinski definition) is 4. The number of fused-ring (bicyclic) bond motifs is 2. The zero-order valence-electron chi connectivity index (χ0n) is 11.2. The molecule has 0 spiro atoms. The SMILES string of the molecule is CC(C)(C)OC(=O)N1[C@@H]2COC[C@H]1C[C@H](C=O)C2. The van der Waals surface area contributed by atoms with E-state index in [-0.39, 0.29) is 24.1 Å². The van der Waals surface area contributed by atoms with Crippen LogP contribution in [0.5, 0.6) is 0 Å². The van der Waals surface area contributed by atoms with Gasteiger partial charge >= 0.3 is 6.09 Å². The van der Waals surface area contributed by atoms with Crippen LogP contribution in [0.4, 0.5) is 4.79 Å². The predicted octanol–water partition coefficient (Wildman–Crippen LogP) is 1.60. The van der Waals surface area contributed by atoms with Crippen molar-refractivity contribution >= 4 is 12.4 Å². The van der Waals surface area contributed by atoms with Gasteiger partial charge < -0.3 is 14.3 Å². The van der Waals surface area contributed by atoms with Crippen molar-refractivity contribution in [2.75, 3.05) is 13.2 Å². The number of rotatable bonds is 1. The summed E-state index contributed by atoms with van der Waals surface area (Å²) in [5, 5.41) is 0. The van der Waals surface area contributed by atoms with Crippen molar-refractivity contribution in [3.8, 4) is 0 Å². The molecule has 2 aliphatic heterocycles. The molecule has 0 aliphatic carbocycles. The summed E-state index contributed by atoms with van der Waals surface area (Å²) in [5.74, 6) is 0.0441. The van der Waals surface area contributed by atoms with Gasteiger partial charge in [-0.25, -0.2) is 4.79 Å². The van der Waals surface area contributed by atoms with Gasteiger partial charge in [0.15, 0.2) is 0 Å². The minimum atomic E-state index is -0.492. The molecule has 3 atom stereocenters. The molecule has 2 aliphatic rings. The molecule has 0 aromatic rings. The van der Waals surface area contributed by atoms with E-state index in [1.807, 2.05) is 20.8 Å². The summed E-state index contributed by atoms with van der Waals surface area (Å²) in [6.45, 7) is 6.57. The van der Waals surface area contributed by atoms with Crippen LogP contribution >= 0.6 is 0 Å². The van der Waals surface area contributed by atoms with Gasteiger partial charge in [-0.15, -0.1) is 0 Å². The van der Waals surface area contributed by atoms with E-state index in [9.17, 15) is 9.59 Å². The second kappa shape index (κ2) is 4.88. The van der Waals surface area contributed by atoms with E-state index < -0.39 is 5.60 Å². The number of amides is 1. The first-order valence-electron chi connectivity index (χ1n) is 6.45. The predicted molar refractivity (Wildman–Crippen MR) is 65.3 cm³/mol. The molecule has 2 saturated heterocycles. The molecule has 0 unspecified atom stereocenters. The van der Waals surface area contributed by atoms with Gasteiger partial charge in [-0.3, -0.25) is 4.90 Å². The maximum Gasteiger partial charge on any atom is 0.410 e. The largest absolute Gasteiger partial charge is 0.444 e. The Bertz CT molecular complexity index is 322. The van der Waals surface area contributed by atoms with Crippen LogP contribution in [0.1, 0.15) is 33.6 Å². The molecular formula is C13H21NO4. The van der Waals surface area contributed by atoms with E-state index >= 15 is 0 Å². The number of morpholine rings is 1. The minimum absolute atomic E-state index is 0.0254. The van der Waals surface area contributed by atoms with Crippen molar-refractivity contribution < 1.29 is 19.1 Å². The molecule has 0 radical (unpaired) electrons. The Labute approximate surface area is 107 Å². The van der Waals surface area contributed by atoms with Gasteiger partial charge in [-0.1, -0.05) is 0 Å². The first-order valence-corrected chi connectivity index (χ1v) is 6.45. The van der Waals surface area contributed by atoms with Gasteiger partial charge in [-0.2, -0.15) is 0 Å². The molecule has 2 fully saturated rings. The fourth-order valence-corrected chi connectivity index (χ4v) is 2.68. The first-order chi connectivity index (χ1) is 8.40. The fourth-order valence-electron chi connectivity index (χ4n) is 2.68. The number of carbonyl (C=O) groups is 2. The van der Waals surface area contributed by atoms with Crippen LogP contribution in [-0.2, 0) is 14.3 Å². The minimum Gasteiger partial charge on any atom is -0.444 e. The topological polar surface area (TPSA) is 55.8 Å². The molecular weight excluding hydrogens is 234 g/mol. The number of hydrogen-bond donors (Lipinski definition) is 0. The molecule has 18 heavy (non-hydrogen) atoms. The summed E-state index contributed by atoms with van der Waals surface area (Å²) >= 11 is 0. The number of carbonyl (C=O) groups excluding carboxylic acids is 2. The first kappa shape index (κ1) is 13.3. The van der Waals surface area contributed by atoms with Crippen molar-refractivity contribution in [3.05, 3.63) is 0 Å². The van der Waals surface area contributed by atoms with Gasteiger partial charge in [0.1, 0.15) is 11.9 Å². The number of piperidine rings is 1. The summed E-state index contributed by atoms with van der Waals surface area (Å²) < 4.78 is 10.9. The van der Waals surface area contributed by atoms with Crippen LogP contribution in [0.15, 0.2) is 0 Å². The average Bonchev–Trinajstić information content (AvgIpc) is 2.24. The molecule has 0 N–H and O–H groups in total. The van der Waals surface area contributed by atoms with Crippen LogP contribution in [-0.4, -0.2) is 48.2 Å². The van der Waals surface area contributed by atoms with Crippen molar-refractivity contribution in [1.29, 1.82) is 0 Å². The quantitative estimate of drug-likeness (QED) is 0.668. The normalized spacial score (nSPS) is 31.9. The van der Waals surface area contributed by atoms with Crippen molar-refractivity contribution in [2.45, 2.75) is 51.3 Å². The Balaban J connectivity index is 2.08. The van der Waals surface area contributed by atoms with Crippen molar-refractivity contribution in [1.82, 2.24) is 4.90 Å². The molecule has 2 bridgehead atoms. The Kier molecular flexibility index (Phi) is 3.61. The lowest BCUT2D eigenvalue weighted by Gasteiger charge is -2.47. The van der Waals surface area contributed by atoms with Crippen LogP contribution in [0.25, 0.3) is 0 Å². The highest BCUT2D eigenvalue weighted by Crippen LogP contribution is 2.31. The molecule has 1 amide bonds. The number of aldehydes is 1. The van der Waals surface area contributed by atoms with E-state index in [0.29, 0.717) is 26.1 Å². The van der Waals surface area contributed by atoms with Gasteiger partial charge in [0.25, 0.3) is 0 Å². The van der Waals surface area contributed by atoms with Gasteiger partial charge in [-0.05, 0) is 33.6 Å². The van der Waals surface area contributed by atoms with Crippen LogP contribution in [0.3, 0.4) is 0 Å². The molecule has 5 nitrogen and oxygen atoms in total. The van der Waals surface area contributed by atoms with E-state index in [4.69, 9.17) is 9.47 Å².